The number of aryl methyl sites for hydroxylation is 2. The van der Waals surface area contributed by atoms with Gasteiger partial charge in [-0.25, -0.2) is 0 Å². The smallest absolute Gasteiger partial charge is 0.575 e. The number of benzene rings is 1. The minimum Gasteiger partial charge on any atom is -0.575 e. The Labute approximate surface area is 210 Å². The summed E-state index contributed by atoms with van der Waals surface area (Å²) in [6.45, 7) is 14.7. The summed E-state index contributed by atoms with van der Waals surface area (Å²) in [5, 5.41) is 8.50. The van der Waals surface area contributed by atoms with Gasteiger partial charge in [0.1, 0.15) is 0 Å². The Hall–Kier alpha value is -0.538. The van der Waals surface area contributed by atoms with Crippen molar-refractivity contribution in [2.75, 3.05) is 6.61 Å². The molecule has 2 fully saturated rings. The van der Waals surface area contributed by atoms with Gasteiger partial charge in [0.25, 0.3) is 0 Å². The van der Waals surface area contributed by atoms with E-state index in [0.29, 0.717) is 6.61 Å². The summed E-state index contributed by atoms with van der Waals surface area (Å²) < 4.78 is 5.62. The van der Waals surface area contributed by atoms with E-state index in [4.69, 9.17) is 10.00 Å². The fraction of sp³-hybridized carbons (Fsp3) is 0.593. The Morgan fingerprint density at radius 1 is 1.20 bits per heavy atom. The van der Waals surface area contributed by atoms with Gasteiger partial charge in [0, 0.05) is 0 Å². The van der Waals surface area contributed by atoms with E-state index in [0.717, 1.165) is 16.9 Å². The second-order valence-corrected chi connectivity index (χ2v) is 8.37. The molecule has 0 aliphatic heterocycles. The van der Waals surface area contributed by atoms with Crippen molar-refractivity contribution < 1.29 is 35.9 Å². The number of unbranched alkanes of at least 4 members (excludes halogenated alkanes) is 1. The zero-order valence-corrected chi connectivity index (χ0v) is 24.1. The molecule has 3 rings (SSSR count). The van der Waals surface area contributed by atoms with Crippen LogP contribution in [0.3, 0.4) is 0 Å². The largest absolute Gasteiger partial charge is 2.00 e. The normalized spacial score (nSPS) is 19.0. The summed E-state index contributed by atoms with van der Waals surface area (Å²) in [6.07, 6.45) is 16.3. The van der Waals surface area contributed by atoms with E-state index in [1.54, 1.807) is 0 Å². The van der Waals surface area contributed by atoms with Crippen LogP contribution in [0, 0.1) is 80.7 Å². The maximum absolute atomic E-state index is 8.50. The Balaban J connectivity index is 0.000000488. The first-order valence-corrected chi connectivity index (χ1v) is 11.3. The molecule has 2 aliphatic rings. The molecule has 164 valence electrons. The van der Waals surface area contributed by atoms with Crippen molar-refractivity contribution >= 4 is 0 Å². The summed E-state index contributed by atoms with van der Waals surface area (Å²) >= 11 is 0. The standard InChI is InChI=1S/C14H24O.C9H9N.C4H8.U/c1-3-5-6-12-11-13(15-4-2)7-8-14(12)9-10-14;1-7-3-4-9(6-10)5-8(7)2;1-3-4-2;/h12H,2-11H2,1H3;3-5H,1-2H3;3-4H,1-2H3;/q-2;;;+2/b;;4-3-;. The van der Waals surface area contributed by atoms with Gasteiger partial charge < -0.3 is 11.7 Å². The molecule has 1 aromatic rings. The molecule has 0 heterocycles. The third-order valence-electron chi connectivity index (χ3n) is 6.32. The van der Waals surface area contributed by atoms with Gasteiger partial charge in [-0.15, -0.1) is 6.61 Å². The fourth-order valence-electron chi connectivity index (χ4n) is 3.95. The van der Waals surface area contributed by atoms with E-state index in [-0.39, 0.29) is 31.1 Å². The number of ether oxygens (including phenoxy) is 1. The van der Waals surface area contributed by atoms with Crippen LogP contribution in [-0.2, 0) is 4.74 Å². The molecule has 0 saturated heterocycles. The number of hydrogen-bond donors (Lipinski definition) is 0. The first-order chi connectivity index (χ1) is 14.0. The van der Waals surface area contributed by atoms with Gasteiger partial charge in [-0.3, -0.25) is 0 Å². The average molecular weight is 634 g/mol. The Kier molecular flexibility index (Phi) is 15.9. The van der Waals surface area contributed by atoms with Crippen LogP contribution in [0.4, 0.5) is 0 Å². The SMILES string of the molecule is C/C=C\C.Cc1ccc(C#N)cc1C.[CH2-]CO[C-]1CCC2(CC2)C(CCCC)C1.[U+2]. The van der Waals surface area contributed by atoms with Crippen LogP contribution in [0.2, 0.25) is 0 Å². The van der Waals surface area contributed by atoms with E-state index in [2.05, 4.69) is 19.9 Å². The quantitative estimate of drug-likeness (QED) is 0.244. The summed E-state index contributed by atoms with van der Waals surface area (Å²) in [5.41, 5.74) is 3.91. The summed E-state index contributed by atoms with van der Waals surface area (Å²) in [6, 6.07) is 7.79. The van der Waals surface area contributed by atoms with Crippen molar-refractivity contribution in [1.29, 1.82) is 5.26 Å². The molecule has 30 heavy (non-hydrogen) atoms. The van der Waals surface area contributed by atoms with Gasteiger partial charge in [0.2, 0.25) is 0 Å². The number of nitriles is 1. The van der Waals surface area contributed by atoms with Gasteiger partial charge in [-0.05, 0) is 69.2 Å². The number of hydrogen-bond acceptors (Lipinski definition) is 2. The predicted molar refractivity (Wildman–Crippen MR) is 124 cm³/mol. The van der Waals surface area contributed by atoms with E-state index in [1.165, 1.54) is 68.6 Å². The van der Waals surface area contributed by atoms with Gasteiger partial charge in [-0.2, -0.15) is 24.2 Å². The van der Waals surface area contributed by atoms with Crippen molar-refractivity contribution in [2.24, 2.45) is 11.3 Å². The third kappa shape index (κ3) is 10.2. The maximum Gasteiger partial charge on any atom is 2.00 e. The van der Waals surface area contributed by atoms with Crippen LogP contribution in [0.5, 0.6) is 0 Å². The van der Waals surface area contributed by atoms with Crippen LogP contribution in [0.15, 0.2) is 30.4 Å². The zero-order chi connectivity index (χ0) is 21.7. The van der Waals surface area contributed by atoms with Crippen LogP contribution >= 0.6 is 0 Å². The van der Waals surface area contributed by atoms with E-state index in [1.807, 2.05) is 58.0 Å². The van der Waals surface area contributed by atoms with Crippen molar-refractivity contribution in [1.82, 2.24) is 0 Å². The van der Waals surface area contributed by atoms with E-state index >= 15 is 0 Å². The molecule has 0 aromatic heterocycles. The molecule has 2 saturated carbocycles. The minimum atomic E-state index is 0. The monoisotopic (exact) mass is 633 g/mol. The fourth-order valence-corrected chi connectivity index (χ4v) is 3.95. The van der Waals surface area contributed by atoms with Crippen LogP contribution < -0.4 is 0 Å². The average Bonchev–Trinajstić information content (AvgIpc) is 3.52. The molecule has 0 N–H and O–H groups in total. The second kappa shape index (κ2) is 16.1. The summed E-state index contributed by atoms with van der Waals surface area (Å²) in [7, 11) is 0. The van der Waals surface area contributed by atoms with Crippen molar-refractivity contribution in [3.63, 3.8) is 0 Å². The van der Waals surface area contributed by atoms with Crippen molar-refractivity contribution in [3.05, 3.63) is 60.1 Å². The number of rotatable bonds is 5. The Morgan fingerprint density at radius 3 is 2.33 bits per heavy atom. The predicted octanol–water partition coefficient (Wildman–Crippen LogP) is 7.90. The first kappa shape index (κ1) is 29.5. The molecule has 2 nitrogen and oxygen atoms in total. The molecule has 1 unspecified atom stereocenters. The molecule has 1 aromatic carbocycles. The first-order valence-electron chi connectivity index (χ1n) is 11.3. The Morgan fingerprint density at radius 2 is 1.87 bits per heavy atom. The van der Waals surface area contributed by atoms with E-state index in [9.17, 15) is 0 Å². The maximum atomic E-state index is 8.50. The molecular formula is C27H41NOU. The van der Waals surface area contributed by atoms with Gasteiger partial charge in [0.15, 0.2) is 0 Å². The molecule has 0 bridgehead atoms. The van der Waals surface area contributed by atoms with Gasteiger partial charge in [-0.1, -0.05) is 56.7 Å². The van der Waals surface area contributed by atoms with Crippen LogP contribution in [-0.4, -0.2) is 6.61 Å². The molecule has 0 amide bonds. The third-order valence-corrected chi connectivity index (χ3v) is 6.32. The van der Waals surface area contributed by atoms with E-state index < -0.39 is 0 Å². The van der Waals surface area contributed by atoms with Gasteiger partial charge >= 0.3 is 31.1 Å². The van der Waals surface area contributed by atoms with Crippen LogP contribution in [0.1, 0.15) is 88.8 Å². The minimum absolute atomic E-state index is 0. The van der Waals surface area contributed by atoms with Crippen molar-refractivity contribution in [2.45, 2.75) is 86.0 Å². The molecule has 2 aliphatic carbocycles. The molecular weight excluding hydrogens is 592 g/mol. The summed E-state index contributed by atoms with van der Waals surface area (Å²) in [5.74, 6) is 0.924. The van der Waals surface area contributed by atoms with Crippen LogP contribution in [0.25, 0.3) is 0 Å². The molecule has 1 spiro atoms. The number of allylic oxidation sites excluding steroid dienone is 2. The van der Waals surface area contributed by atoms with Crippen molar-refractivity contribution in [3.8, 4) is 6.07 Å². The van der Waals surface area contributed by atoms with Gasteiger partial charge in [0.05, 0.1) is 11.6 Å². The number of nitrogens with zero attached hydrogens (tertiary/aromatic N) is 1. The molecule has 1 atom stereocenters. The molecule has 3 heteroatoms. The Bertz CT molecular complexity index is 653. The second-order valence-electron chi connectivity index (χ2n) is 8.37. The topological polar surface area (TPSA) is 33.0 Å². The summed E-state index contributed by atoms with van der Waals surface area (Å²) in [4.78, 5) is 0. The molecule has 0 radical (unpaired) electrons. The zero-order valence-electron chi connectivity index (χ0n) is 19.9.